The molecule has 0 bridgehead atoms. The van der Waals surface area contributed by atoms with Crippen molar-refractivity contribution in [2.45, 2.75) is 44.4 Å². The summed E-state index contributed by atoms with van der Waals surface area (Å²) in [6, 6.07) is 19.2. The Morgan fingerprint density at radius 2 is 1.35 bits per heavy atom. The van der Waals surface area contributed by atoms with Gasteiger partial charge >= 0.3 is 0 Å². The van der Waals surface area contributed by atoms with Gasteiger partial charge < -0.3 is 0 Å². The van der Waals surface area contributed by atoms with Gasteiger partial charge in [-0.3, -0.25) is 0 Å². The van der Waals surface area contributed by atoms with Gasteiger partial charge in [0.15, 0.2) is 0 Å². The Hall–Kier alpha value is -1.27. The average molecular weight is 287 g/mol. The molecular weight excluding hydrogens is 264 g/mol. The van der Waals surface area contributed by atoms with Gasteiger partial charge in [0.2, 0.25) is 0 Å². The van der Waals surface area contributed by atoms with Gasteiger partial charge in [-0.1, -0.05) is 82.3 Å². The summed E-state index contributed by atoms with van der Waals surface area (Å²) in [7, 11) is 0. The van der Waals surface area contributed by atoms with E-state index in [0.29, 0.717) is 5.92 Å². The molecule has 0 aliphatic rings. The minimum Gasteiger partial charge on any atom is -0.117 e. The van der Waals surface area contributed by atoms with E-state index in [0.717, 1.165) is 0 Å². The summed E-state index contributed by atoms with van der Waals surface area (Å²) in [4.78, 5) is 0. The summed E-state index contributed by atoms with van der Waals surface area (Å²) in [5.41, 5.74) is 4.01. The van der Waals surface area contributed by atoms with Crippen molar-refractivity contribution in [1.82, 2.24) is 0 Å². The molecule has 20 heavy (non-hydrogen) atoms. The van der Waals surface area contributed by atoms with Crippen LogP contribution in [0.2, 0.25) is 0 Å². The van der Waals surface area contributed by atoms with Crippen LogP contribution >= 0.6 is 11.6 Å². The van der Waals surface area contributed by atoms with Crippen molar-refractivity contribution < 1.29 is 0 Å². The van der Waals surface area contributed by atoms with Crippen molar-refractivity contribution in [1.29, 1.82) is 0 Å². The summed E-state index contributed by atoms with van der Waals surface area (Å²) in [5, 5.41) is 0.00594. The molecule has 2 unspecified atom stereocenters. The fraction of sp³-hybridized carbons (Fsp3) is 0.368. The average Bonchev–Trinajstić information content (AvgIpc) is 2.46. The standard InChI is InChI=1S/C19H23Cl/c1-14(15-8-6-5-7-9-15)18(20)16-10-12-17(13-11-16)19(2,3)4/h5-14,18H,1-4H3. The van der Waals surface area contributed by atoms with E-state index in [2.05, 4.69) is 76.2 Å². The maximum atomic E-state index is 6.66. The normalized spacial score (nSPS) is 14.8. The third kappa shape index (κ3) is 3.43. The molecule has 0 spiro atoms. The maximum absolute atomic E-state index is 6.66. The van der Waals surface area contributed by atoms with Crippen LogP contribution in [0.3, 0.4) is 0 Å². The van der Waals surface area contributed by atoms with E-state index in [9.17, 15) is 0 Å². The highest BCUT2D eigenvalue weighted by Gasteiger charge is 2.19. The highest BCUT2D eigenvalue weighted by molar-refractivity contribution is 6.21. The quantitative estimate of drug-likeness (QED) is 0.601. The number of benzene rings is 2. The van der Waals surface area contributed by atoms with Crippen LogP contribution in [0.15, 0.2) is 54.6 Å². The molecule has 1 heteroatoms. The van der Waals surface area contributed by atoms with Crippen molar-refractivity contribution >= 4 is 11.6 Å². The van der Waals surface area contributed by atoms with Gasteiger partial charge in [0, 0.05) is 5.92 Å². The highest BCUT2D eigenvalue weighted by Crippen LogP contribution is 2.36. The zero-order valence-electron chi connectivity index (χ0n) is 12.7. The molecule has 0 radical (unpaired) electrons. The fourth-order valence-electron chi connectivity index (χ4n) is 2.38. The second-order valence-electron chi connectivity index (χ2n) is 6.47. The first-order valence-electron chi connectivity index (χ1n) is 7.19. The first-order chi connectivity index (χ1) is 9.39. The summed E-state index contributed by atoms with van der Waals surface area (Å²) >= 11 is 6.66. The van der Waals surface area contributed by atoms with E-state index in [1.165, 1.54) is 16.7 Å². The smallest absolute Gasteiger partial charge is 0.0651 e. The number of hydrogen-bond donors (Lipinski definition) is 0. The summed E-state index contributed by atoms with van der Waals surface area (Å²) < 4.78 is 0. The lowest BCUT2D eigenvalue weighted by Gasteiger charge is -2.22. The Bertz CT molecular complexity index is 534. The zero-order chi connectivity index (χ0) is 14.8. The van der Waals surface area contributed by atoms with Crippen LogP contribution in [0.4, 0.5) is 0 Å². The molecule has 2 aromatic rings. The second kappa shape index (κ2) is 6.01. The van der Waals surface area contributed by atoms with Crippen LogP contribution in [0.25, 0.3) is 0 Å². The van der Waals surface area contributed by atoms with Crippen LogP contribution in [-0.2, 0) is 5.41 Å². The van der Waals surface area contributed by atoms with E-state index >= 15 is 0 Å². The fourth-order valence-corrected chi connectivity index (χ4v) is 2.67. The molecule has 0 aliphatic heterocycles. The molecule has 0 fully saturated rings. The lowest BCUT2D eigenvalue weighted by Crippen LogP contribution is -2.11. The molecule has 0 heterocycles. The Kier molecular flexibility index (Phi) is 4.55. The minimum absolute atomic E-state index is 0.00594. The predicted octanol–water partition coefficient (Wildman–Crippen LogP) is 6.07. The van der Waals surface area contributed by atoms with Gasteiger partial charge in [0.05, 0.1) is 5.38 Å². The Morgan fingerprint density at radius 1 is 0.800 bits per heavy atom. The first kappa shape index (κ1) is 15.1. The van der Waals surface area contributed by atoms with Crippen LogP contribution in [0.1, 0.15) is 55.7 Å². The number of rotatable bonds is 3. The zero-order valence-corrected chi connectivity index (χ0v) is 13.5. The van der Waals surface area contributed by atoms with E-state index in [-0.39, 0.29) is 10.8 Å². The third-order valence-electron chi connectivity index (χ3n) is 3.86. The minimum atomic E-state index is 0.00594. The van der Waals surface area contributed by atoms with Crippen molar-refractivity contribution in [3.63, 3.8) is 0 Å². The topological polar surface area (TPSA) is 0 Å². The van der Waals surface area contributed by atoms with Crippen molar-refractivity contribution in [2.24, 2.45) is 0 Å². The molecule has 0 aliphatic carbocycles. The van der Waals surface area contributed by atoms with Crippen molar-refractivity contribution in [3.05, 3.63) is 71.3 Å². The molecule has 2 rings (SSSR count). The molecule has 0 nitrogen and oxygen atoms in total. The highest BCUT2D eigenvalue weighted by atomic mass is 35.5. The molecule has 106 valence electrons. The van der Waals surface area contributed by atoms with Crippen molar-refractivity contribution in [3.8, 4) is 0 Å². The van der Waals surface area contributed by atoms with Crippen molar-refractivity contribution in [2.75, 3.05) is 0 Å². The SMILES string of the molecule is CC(c1ccccc1)C(Cl)c1ccc(C(C)(C)C)cc1. The summed E-state index contributed by atoms with van der Waals surface area (Å²) in [5.74, 6) is 0.304. The van der Waals surface area contributed by atoms with Gasteiger partial charge in [-0.2, -0.15) is 0 Å². The van der Waals surface area contributed by atoms with Crippen LogP contribution in [0.5, 0.6) is 0 Å². The first-order valence-corrected chi connectivity index (χ1v) is 7.62. The molecular formula is C19H23Cl. The lowest BCUT2D eigenvalue weighted by atomic mass is 9.85. The number of hydrogen-bond acceptors (Lipinski definition) is 0. The van der Waals surface area contributed by atoms with E-state index in [1.54, 1.807) is 0 Å². The Morgan fingerprint density at radius 3 is 1.85 bits per heavy atom. The molecule has 0 saturated heterocycles. The molecule has 0 aromatic heterocycles. The molecule has 0 saturated carbocycles. The van der Waals surface area contributed by atoms with E-state index in [4.69, 9.17) is 11.6 Å². The van der Waals surface area contributed by atoms with E-state index in [1.807, 2.05) is 6.07 Å². The van der Waals surface area contributed by atoms with Crippen LogP contribution in [0, 0.1) is 0 Å². The van der Waals surface area contributed by atoms with Crippen LogP contribution in [-0.4, -0.2) is 0 Å². The number of halogens is 1. The van der Waals surface area contributed by atoms with Gasteiger partial charge in [-0.05, 0) is 22.1 Å². The van der Waals surface area contributed by atoms with Crippen LogP contribution < -0.4 is 0 Å². The lowest BCUT2D eigenvalue weighted by molar-refractivity contribution is 0.589. The maximum Gasteiger partial charge on any atom is 0.0651 e. The van der Waals surface area contributed by atoms with Gasteiger partial charge in [0.25, 0.3) is 0 Å². The molecule has 0 amide bonds. The largest absolute Gasteiger partial charge is 0.117 e. The van der Waals surface area contributed by atoms with Gasteiger partial charge in [0.1, 0.15) is 0 Å². The summed E-state index contributed by atoms with van der Waals surface area (Å²) in [6.45, 7) is 8.87. The Labute approximate surface area is 127 Å². The third-order valence-corrected chi connectivity index (χ3v) is 4.49. The predicted molar refractivity (Wildman–Crippen MR) is 88.6 cm³/mol. The second-order valence-corrected chi connectivity index (χ2v) is 6.94. The number of alkyl halides is 1. The van der Waals surface area contributed by atoms with Gasteiger partial charge in [-0.15, -0.1) is 11.6 Å². The summed E-state index contributed by atoms with van der Waals surface area (Å²) in [6.07, 6.45) is 0. The molecule has 0 N–H and O–H groups in total. The monoisotopic (exact) mass is 286 g/mol. The van der Waals surface area contributed by atoms with E-state index < -0.39 is 0 Å². The van der Waals surface area contributed by atoms with Gasteiger partial charge in [-0.25, -0.2) is 0 Å². The molecule has 2 atom stereocenters. The Balaban J connectivity index is 2.19. The molecule has 2 aromatic carbocycles.